The zero-order valence-electron chi connectivity index (χ0n) is 64.7. The average Bonchev–Trinajstić information content (AvgIpc) is 3.31. The van der Waals surface area contributed by atoms with E-state index in [4.69, 9.17) is 4.74 Å². The van der Waals surface area contributed by atoms with Gasteiger partial charge in [-0.1, -0.05) is 436 Å². The number of carbonyl (C=O) groups excluding carboxylic acids is 2. The van der Waals surface area contributed by atoms with E-state index in [1.54, 1.807) is 0 Å². The lowest BCUT2D eigenvalue weighted by atomic mass is 10.0. The van der Waals surface area contributed by atoms with Gasteiger partial charge in [0.1, 0.15) is 0 Å². The molecule has 1 amide bonds. The van der Waals surface area contributed by atoms with Crippen molar-refractivity contribution in [3.8, 4) is 0 Å². The third-order valence-electron chi connectivity index (χ3n) is 20.7. The Labute approximate surface area is 595 Å². The third kappa shape index (κ3) is 80.9. The molecule has 0 spiro atoms. The van der Waals surface area contributed by atoms with Crippen LogP contribution in [0.15, 0.2) is 36.5 Å². The van der Waals surface area contributed by atoms with E-state index in [1.165, 1.54) is 411 Å². The summed E-state index contributed by atoms with van der Waals surface area (Å²) >= 11 is 0. The second kappa shape index (κ2) is 84.5. The highest BCUT2D eigenvalue weighted by molar-refractivity contribution is 5.76. The van der Waals surface area contributed by atoms with E-state index in [2.05, 4.69) is 55.6 Å². The lowest BCUT2D eigenvalue weighted by Gasteiger charge is -2.22. The van der Waals surface area contributed by atoms with Crippen LogP contribution in [-0.2, 0) is 14.3 Å². The Bertz CT molecular complexity index is 1540. The van der Waals surface area contributed by atoms with Gasteiger partial charge >= 0.3 is 5.97 Å². The van der Waals surface area contributed by atoms with Gasteiger partial charge in [0.25, 0.3) is 0 Å². The topological polar surface area (TPSA) is 95.9 Å². The molecule has 0 aliphatic carbocycles. The van der Waals surface area contributed by atoms with E-state index >= 15 is 0 Å². The maximum atomic E-state index is 12.6. The first kappa shape index (κ1) is 93.1. The first-order chi connectivity index (χ1) is 47.0. The maximum absolute atomic E-state index is 12.6. The number of hydrogen-bond donors (Lipinski definition) is 3. The SMILES string of the molecule is CCCCCC/C=C\C/C=C\CCCCCCCCCC(=O)OCCCCCCCCCCCCCCCC/C=C\CCCCCCCCCCCCCCCCCCCC(=O)NC(CO)C(O)CCCCCCCCCCCCCCCCCCCCCCCCCCC. The summed E-state index contributed by atoms with van der Waals surface area (Å²) in [6, 6.07) is -0.541. The van der Waals surface area contributed by atoms with Crippen LogP contribution in [0.25, 0.3) is 0 Å². The molecule has 0 bridgehead atoms. The fraction of sp³-hybridized carbons (Fsp3) is 0.910. The van der Waals surface area contributed by atoms with Gasteiger partial charge in [-0.2, -0.15) is 0 Å². The number of esters is 1. The minimum absolute atomic E-state index is 0.0139. The molecule has 6 heteroatoms. The number of hydrogen-bond acceptors (Lipinski definition) is 5. The van der Waals surface area contributed by atoms with Gasteiger partial charge in [0.15, 0.2) is 0 Å². The van der Waals surface area contributed by atoms with E-state index in [9.17, 15) is 19.8 Å². The van der Waals surface area contributed by atoms with Gasteiger partial charge in [-0.3, -0.25) is 9.59 Å². The van der Waals surface area contributed by atoms with Crippen molar-refractivity contribution in [3.05, 3.63) is 36.5 Å². The second-order valence-electron chi connectivity index (χ2n) is 30.2. The van der Waals surface area contributed by atoms with Crippen LogP contribution in [0.1, 0.15) is 495 Å². The number of unbranched alkanes of at least 4 members (excludes halogenated alkanes) is 66. The Morgan fingerprint density at radius 2 is 0.526 bits per heavy atom. The van der Waals surface area contributed by atoms with E-state index in [0.717, 1.165) is 51.4 Å². The molecule has 0 aromatic heterocycles. The monoisotopic (exact) mass is 1330 g/mol. The number of allylic oxidation sites excluding steroid dienone is 6. The van der Waals surface area contributed by atoms with Crippen LogP contribution >= 0.6 is 0 Å². The quantitative estimate of drug-likeness (QED) is 0.0320. The van der Waals surface area contributed by atoms with Crippen molar-refractivity contribution in [2.24, 2.45) is 0 Å². The van der Waals surface area contributed by atoms with Gasteiger partial charge in [-0.25, -0.2) is 0 Å². The second-order valence-corrected chi connectivity index (χ2v) is 30.2. The summed E-state index contributed by atoms with van der Waals surface area (Å²) in [6.07, 6.45) is 111. The molecular formula is C89H171NO5. The molecule has 0 aliphatic heterocycles. The zero-order chi connectivity index (χ0) is 68.4. The number of aliphatic hydroxyl groups is 2. The molecule has 0 rings (SSSR count). The molecule has 3 N–H and O–H groups in total. The van der Waals surface area contributed by atoms with Crippen LogP contribution in [-0.4, -0.2) is 47.4 Å². The highest BCUT2D eigenvalue weighted by Crippen LogP contribution is 2.21. The normalized spacial score (nSPS) is 12.6. The number of nitrogens with one attached hydrogen (secondary N) is 1. The summed E-state index contributed by atoms with van der Waals surface area (Å²) in [6.45, 7) is 4.99. The van der Waals surface area contributed by atoms with Crippen molar-refractivity contribution >= 4 is 11.9 Å². The maximum Gasteiger partial charge on any atom is 0.305 e. The first-order valence-corrected chi connectivity index (χ1v) is 43.7. The number of aliphatic hydroxyl groups excluding tert-OH is 2. The molecule has 0 radical (unpaired) electrons. The van der Waals surface area contributed by atoms with Crippen LogP contribution in [0.5, 0.6) is 0 Å². The fourth-order valence-electron chi connectivity index (χ4n) is 14.0. The van der Waals surface area contributed by atoms with E-state index < -0.39 is 12.1 Å². The molecule has 562 valence electrons. The Kier molecular flexibility index (Phi) is 82.8. The van der Waals surface area contributed by atoms with Gasteiger partial charge in [0.2, 0.25) is 5.91 Å². The molecule has 0 saturated heterocycles. The number of ether oxygens (including phenoxy) is 1. The molecule has 2 unspecified atom stereocenters. The van der Waals surface area contributed by atoms with Crippen molar-refractivity contribution in [1.29, 1.82) is 0 Å². The summed E-state index contributed by atoms with van der Waals surface area (Å²) in [5.74, 6) is -0.0113. The minimum Gasteiger partial charge on any atom is -0.466 e. The number of carbonyl (C=O) groups is 2. The molecular weight excluding hydrogens is 1160 g/mol. The van der Waals surface area contributed by atoms with Crippen molar-refractivity contribution in [2.45, 2.75) is 508 Å². The summed E-state index contributed by atoms with van der Waals surface area (Å²) < 4.78 is 5.51. The molecule has 0 aromatic carbocycles. The van der Waals surface area contributed by atoms with Crippen molar-refractivity contribution in [1.82, 2.24) is 5.32 Å². The van der Waals surface area contributed by atoms with Crippen LogP contribution in [0.2, 0.25) is 0 Å². The average molecular weight is 1340 g/mol. The van der Waals surface area contributed by atoms with Crippen LogP contribution in [0.3, 0.4) is 0 Å². The fourth-order valence-corrected chi connectivity index (χ4v) is 14.0. The van der Waals surface area contributed by atoms with E-state index in [0.29, 0.717) is 25.9 Å². The highest BCUT2D eigenvalue weighted by Gasteiger charge is 2.20. The Hall–Kier alpha value is -1.92. The lowest BCUT2D eigenvalue weighted by molar-refractivity contribution is -0.143. The van der Waals surface area contributed by atoms with E-state index in [1.807, 2.05) is 0 Å². The van der Waals surface area contributed by atoms with E-state index in [-0.39, 0.29) is 18.5 Å². The highest BCUT2D eigenvalue weighted by atomic mass is 16.5. The van der Waals surface area contributed by atoms with Crippen LogP contribution < -0.4 is 5.32 Å². The Morgan fingerprint density at radius 3 is 0.821 bits per heavy atom. The predicted octanol–water partition coefficient (Wildman–Crippen LogP) is 29.3. The largest absolute Gasteiger partial charge is 0.466 e. The summed E-state index contributed by atoms with van der Waals surface area (Å²) in [5.41, 5.74) is 0. The van der Waals surface area contributed by atoms with Gasteiger partial charge < -0.3 is 20.3 Å². The van der Waals surface area contributed by atoms with Crippen molar-refractivity contribution in [2.75, 3.05) is 13.2 Å². The lowest BCUT2D eigenvalue weighted by Crippen LogP contribution is -2.45. The van der Waals surface area contributed by atoms with Crippen LogP contribution in [0, 0.1) is 0 Å². The van der Waals surface area contributed by atoms with Gasteiger partial charge in [-0.05, 0) is 83.5 Å². The minimum atomic E-state index is -0.664. The standard InChI is InChI=1S/C89H171NO5/c1-3-5-7-9-11-13-15-17-19-21-23-24-25-37-40-43-46-49-53-57-61-65-69-73-77-81-87(92)86(85-91)90-88(93)82-78-74-70-66-62-58-54-50-47-44-41-38-35-33-31-29-27-26-28-30-32-34-36-39-42-45-48-52-56-60-64-68-72-76-80-84-95-89(94)83-79-75-71-67-63-59-55-51-22-20-18-16-14-12-10-8-6-4-2/h14,16,20,22,28,30,86-87,91-92H,3-13,15,17-19,21,23-27,29,31-85H2,1-2H3,(H,90,93)/b16-14-,22-20-,30-28-. The summed E-state index contributed by atoms with van der Waals surface area (Å²) in [4.78, 5) is 24.7. The molecule has 0 aromatic rings. The van der Waals surface area contributed by atoms with Crippen molar-refractivity contribution < 1.29 is 24.5 Å². The molecule has 0 saturated carbocycles. The number of amides is 1. The van der Waals surface area contributed by atoms with Gasteiger partial charge in [-0.15, -0.1) is 0 Å². The van der Waals surface area contributed by atoms with Crippen LogP contribution in [0.4, 0.5) is 0 Å². The van der Waals surface area contributed by atoms with Gasteiger partial charge in [0, 0.05) is 12.8 Å². The van der Waals surface area contributed by atoms with Gasteiger partial charge in [0.05, 0.1) is 25.4 Å². The summed E-state index contributed by atoms with van der Waals surface area (Å²) in [7, 11) is 0. The molecule has 2 atom stereocenters. The smallest absolute Gasteiger partial charge is 0.305 e. The molecule has 6 nitrogen and oxygen atoms in total. The zero-order valence-corrected chi connectivity index (χ0v) is 64.7. The molecule has 0 aliphatic rings. The Balaban J connectivity index is 3.34. The predicted molar refractivity (Wildman–Crippen MR) is 421 cm³/mol. The molecule has 0 heterocycles. The molecule has 95 heavy (non-hydrogen) atoms. The number of rotatable bonds is 83. The molecule has 0 fully saturated rings. The Morgan fingerprint density at radius 1 is 0.295 bits per heavy atom. The first-order valence-electron chi connectivity index (χ1n) is 43.7. The summed E-state index contributed by atoms with van der Waals surface area (Å²) in [5, 5.41) is 23.5. The third-order valence-corrected chi connectivity index (χ3v) is 20.7. The van der Waals surface area contributed by atoms with Crippen molar-refractivity contribution in [3.63, 3.8) is 0 Å².